The Morgan fingerprint density at radius 1 is 1.67 bits per heavy atom. The molecule has 18 heavy (non-hydrogen) atoms. The number of rotatable bonds is 5. The molecule has 0 aromatic carbocycles. The minimum absolute atomic E-state index is 0.647. The van der Waals surface area contributed by atoms with Crippen molar-refractivity contribution in [2.75, 3.05) is 18.6 Å². The zero-order valence-corrected chi connectivity index (χ0v) is 12.3. The van der Waals surface area contributed by atoms with E-state index < -0.39 is 0 Å². The Labute approximate surface area is 120 Å². The first-order chi connectivity index (χ1) is 8.77. The van der Waals surface area contributed by atoms with E-state index in [0.717, 1.165) is 17.2 Å². The number of aliphatic imine (C=N–C) groups is 1. The SMILES string of the molecule is CSC(=NCCSCc1ncccc1Cl)NC#N. The number of amidine groups is 1. The van der Waals surface area contributed by atoms with Gasteiger partial charge in [0.05, 0.1) is 17.3 Å². The molecule has 0 bridgehead atoms. The van der Waals surface area contributed by atoms with Gasteiger partial charge in [0.1, 0.15) is 0 Å². The van der Waals surface area contributed by atoms with Crippen molar-refractivity contribution in [3.8, 4) is 6.19 Å². The second-order valence-electron chi connectivity index (χ2n) is 3.11. The summed E-state index contributed by atoms with van der Waals surface area (Å²) < 4.78 is 0. The predicted molar refractivity (Wildman–Crippen MR) is 80.0 cm³/mol. The minimum Gasteiger partial charge on any atom is -0.272 e. The van der Waals surface area contributed by atoms with E-state index in [2.05, 4.69) is 15.3 Å². The van der Waals surface area contributed by atoms with Gasteiger partial charge < -0.3 is 0 Å². The number of hydrogen-bond acceptors (Lipinski definition) is 5. The van der Waals surface area contributed by atoms with Crippen LogP contribution >= 0.6 is 35.1 Å². The number of nitrogens with one attached hydrogen (secondary N) is 1. The number of aromatic nitrogens is 1. The quantitative estimate of drug-likeness (QED) is 0.298. The van der Waals surface area contributed by atoms with Crippen molar-refractivity contribution in [1.82, 2.24) is 10.3 Å². The standard InChI is InChI=1S/C11H13ClN4S2/c1-17-11(16-8-13)15-5-6-18-7-10-9(12)3-2-4-14-10/h2-4H,5-7H2,1H3,(H,15,16). The summed E-state index contributed by atoms with van der Waals surface area (Å²) in [5, 5.41) is 12.3. The molecule has 0 atom stereocenters. The molecule has 7 heteroatoms. The maximum atomic E-state index is 8.47. The number of pyridine rings is 1. The van der Waals surface area contributed by atoms with Crippen LogP contribution in [-0.4, -0.2) is 28.7 Å². The van der Waals surface area contributed by atoms with Crippen molar-refractivity contribution in [3.05, 3.63) is 29.0 Å². The fraction of sp³-hybridized carbons (Fsp3) is 0.364. The fourth-order valence-electron chi connectivity index (χ4n) is 1.11. The highest BCUT2D eigenvalue weighted by molar-refractivity contribution is 8.13. The summed E-state index contributed by atoms with van der Waals surface area (Å²) >= 11 is 9.14. The van der Waals surface area contributed by atoms with E-state index in [4.69, 9.17) is 16.9 Å². The molecule has 1 aromatic heterocycles. The average molecular weight is 301 g/mol. The van der Waals surface area contributed by atoms with E-state index in [-0.39, 0.29) is 0 Å². The van der Waals surface area contributed by atoms with Gasteiger partial charge >= 0.3 is 0 Å². The predicted octanol–water partition coefficient (Wildman–Crippen LogP) is 2.76. The fourth-order valence-corrected chi connectivity index (χ4v) is 2.53. The minimum atomic E-state index is 0.647. The second-order valence-corrected chi connectivity index (χ2v) is 5.42. The molecule has 0 aliphatic carbocycles. The van der Waals surface area contributed by atoms with Crippen LogP contribution in [0.1, 0.15) is 5.69 Å². The smallest absolute Gasteiger partial charge is 0.183 e. The first kappa shape index (κ1) is 15.2. The van der Waals surface area contributed by atoms with E-state index >= 15 is 0 Å². The number of hydrogen-bond donors (Lipinski definition) is 1. The molecule has 0 spiro atoms. The monoisotopic (exact) mass is 300 g/mol. The molecule has 0 aliphatic rings. The summed E-state index contributed by atoms with van der Waals surface area (Å²) in [5.74, 6) is 1.64. The zero-order chi connectivity index (χ0) is 13.2. The zero-order valence-electron chi connectivity index (χ0n) is 9.89. The van der Waals surface area contributed by atoms with Gasteiger partial charge in [-0.1, -0.05) is 23.4 Å². The van der Waals surface area contributed by atoms with E-state index in [9.17, 15) is 0 Å². The third-order valence-corrected chi connectivity index (χ3v) is 3.83. The third kappa shape index (κ3) is 5.63. The third-order valence-electron chi connectivity index (χ3n) is 1.92. The van der Waals surface area contributed by atoms with E-state index in [1.165, 1.54) is 11.8 Å². The van der Waals surface area contributed by atoms with Gasteiger partial charge in [-0.05, 0) is 18.4 Å². The molecular weight excluding hydrogens is 288 g/mol. The molecule has 1 aromatic rings. The number of halogens is 1. The average Bonchev–Trinajstić information content (AvgIpc) is 2.39. The molecule has 1 rings (SSSR count). The number of thioether (sulfide) groups is 2. The molecule has 0 saturated carbocycles. The summed E-state index contributed by atoms with van der Waals surface area (Å²) in [5.41, 5.74) is 0.897. The van der Waals surface area contributed by atoms with Crippen LogP contribution in [0.3, 0.4) is 0 Å². The van der Waals surface area contributed by atoms with E-state index in [1.807, 2.05) is 24.6 Å². The van der Waals surface area contributed by atoms with Crippen molar-refractivity contribution >= 4 is 40.3 Å². The van der Waals surface area contributed by atoms with Gasteiger partial charge in [0, 0.05) is 17.7 Å². The molecule has 0 aliphatic heterocycles. The van der Waals surface area contributed by atoms with Crippen LogP contribution in [0.15, 0.2) is 23.3 Å². The first-order valence-corrected chi connectivity index (χ1v) is 7.94. The van der Waals surface area contributed by atoms with Crippen LogP contribution in [0.5, 0.6) is 0 Å². The van der Waals surface area contributed by atoms with Gasteiger partial charge in [0.2, 0.25) is 0 Å². The molecule has 0 saturated heterocycles. The lowest BCUT2D eigenvalue weighted by molar-refractivity contribution is 1.11. The van der Waals surface area contributed by atoms with Crippen LogP contribution in [0, 0.1) is 11.5 Å². The molecule has 4 nitrogen and oxygen atoms in total. The van der Waals surface area contributed by atoms with Crippen LogP contribution < -0.4 is 5.32 Å². The molecule has 1 N–H and O–H groups in total. The molecule has 0 amide bonds. The van der Waals surface area contributed by atoms with E-state index in [1.54, 1.807) is 18.0 Å². The Kier molecular flexibility index (Phi) is 7.65. The lowest BCUT2D eigenvalue weighted by atomic mass is 10.4. The summed E-state index contributed by atoms with van der Waals surface area (Å²) in [6.45, 7) is 0.667. The van der Waals surface area contributed by atoms with Gasteiger partial charge in [-0.15, -0.1) is 0 Å². The molecule has 0 fully saturated rings. The van der Waals surface area contributed by atoms with Crippen LogP contribution in [0.4, 0.5) is 0 Å². The van der Waals surface area contributed by atoms with Crippen molar-refractivity contribution in [1.29, 1.82) is 5.26 Å². The van der Waals surface area contributed by atoms with Crippen LogP contribution in [0.25, 0.3) is 0 Å². The van der Waals surface area contributed by atoms with Crippen molar-refractivity contribution < 1.29 is 0 Å². The molecule has 96 valence electrons. The van der Waals surface area contributed by atoms with Gasteiger partial charge in [0.15, 0.2) is 11.4 Å². The Morgan fingerprint density at radius 3 is 3.17 bits per heavy atom. The summed E-state index contributed by atoms with van der Waals surface area (Å²) in [4.78, 5) is 8.47. The molecule has 1 heterocycles. The molecule has 0 radical (unpaired) electrons. The van der Waals surface area contributed by atoms with Gasteiger partial charge in [-0.3, -0.25) is 15.3 Å². The molecular formula is C11H13ClN4S2. The topological polar surface area (TPSA) is 61.1 Å². The lowest BCUT2D eigenvalue weighted by Gasteiger charge is -2.02. The summed E-state index contributed by atoms with van der Waals surface area (Å²) in [6.07, 6.45) is 5.47. The summed E-state index contributed by atoms with van der Waals surface area (Å²) in [7, 11) is 0. The Morgan fingerprint density at radius 2 is 2.50 bits per heavy atom. The van der Waals surface area contributed by atoms with Crippen LogP contribution in [0.2, 0.25) is 5.02 Å². The van der Waals surface area contributed by atoms with Gasteiger partial charge in [0.25, 0.3) is 0 Å². The van der Waals surface area contributed by atoms with E-state index in [0.29, 0.717) is 16.7 Å². The van der Waals surface area contributed by atoms with Gasteiger partial charge in [-0.2, -0.15) is 17.0 Å². The highest BCUT2D eigenvalue weighted by atomic mass is 35.5. The highest BCUT2D eigenvalue weighted by Gasteiger charge is 2.00. The Hall–Kier alpha value is -0.900. The first-order valence-electron chi connectivity index (χ1n) is 5.18. The van der Waals surface area contributed by atoms with Crippen molar-refractivity contribution in [3.63, 3.8) is 0 Å². The molecule has 0 unspecified atom stereocenters. The lowest BCUT2D eigenvalue weighted by Crippen LogP contribution is -2.13. The Balaban J connectivity index is 2.27. The van der Waals surface area contributed by atoms with Crippen LogP contribution in [-0.2, 0) is 5.75 Å². The maximum Gasteiger partial charge on any atom is 0.183 e. The van der Waals surface area contributed by atoms with Gasteiger partial charge in [-0.25, -0.2) is 0 Å². The van der Waals surface area contributed by atoms with Crippen molar-refractivity contribution in [2.24, 2.45) is 4.99 Å². The Bertz CT molecular complexity index is 445. The normalized spacial score (nSPS) is 11.1. The highest BCUT2D eigenvalue weighted by Crippen LogP contribution is 2.18. The number of nitriles is 1. The van der Waals surface area contributed by atoms with Crippen molar-refractivity contribution in [2.45, 2.75) is 5.75 Å². The summed E-state index contributed by atoms with van der Waals surface area (Å²) in [6, 6.07) is 3.66. The largest absolute Gasteiger partial charge is 0.272 e. The maximum absolute atomic E-state index is 8.47. The number of nitrogens with zero attached hydrogens (tertiary/aromatic N) is 3. The second kappa shape index (κ2) is 9.09.